The fourth-order valence-electron chi connectivity index (χ4n) is 2.79. The first-order valence-electron chi connectivity index (χ1n) is 6.94. The zero-order valence-electron chi connectivity index (χ0n) is 11.9. The summed E-state index contributed by atoms with van der Waals surface area (Å²) in [5, 5.41) is 5.70. The van der Waals surface area contributed by atoms with Crippen molar-refractivity contribution >= 4 is 16.3 Å². The van der Waals surface area contributed by atoms with E-state index in [4.69, 9.17) is 4.98 Å². The van der Waals surface area contributed by atoms with E-state index >= 15 is 0 Å². The van der Waals surface area contributed by atoms with Gasteiger partial charge in [-0.2, -0.15) is 0 Å². The van der Waals surface area contributed by atoms with Gasteiger partial charge in [-0.15, -0.1) is 11.3 Å². The molecule has 1 aliphatic rings. The first kappa shape index (κ1) is 13.1. The number of imidazole rings is 1. The molecule has 1 atom stereocenters. The molecular formula is C14H22N4S. The highest BCUT2D eigenvalue weighted by atomic mass is 32.1. The van der Waals surface area contributed by atoms with Crippen molar-refractivity contribution in [3.63, 3.8) is 0 Å². The van der Waals surface area contributed by atoms with Crippen molar-refractivity contribution in [1.29, 1.82) is 0 Å². The number of fused-ring (bicyclic) bond motifs is 1. The predicted molar refractivity (Wildman–Crippen MR) is 79.6 cm³/mol. The van der Waals surface area contributed by atoms with Gasteiger partial charge in [0.15, 0.2) is 4.96 Å². The summed E-state index contributed by atoms with van der Waals surface area (Å²) in [5.74, 6) is 0. The Morgan fingerprint density at radius 1 is 1.53 bits per heavy atom. The van der Waals surface area contributed by atoms with E-state index in [0.29, 0.717) is 6.04 Å². The highest BCUT2D eigenvalue weighted by Gasteiger charge is 2.28. The maximum atomic E-state index is 4.70. The van der Waals surface area contributed by atoms with E-state index in [1.165, 1.54) is 12.1 Å². The minimum Gasteiger partial charge on any atom is -0.310 e. The van der Waals surface area contributed by atoms with Crippen molar-refractivity contribution in [2.75, 3.05) is 13.1 Å². The van der Waals surface area contributed by atoms with Crippen molar-refractivity contribution in [1.82, 2.24) is 19.6 Å². The fraction of sp³-hybridized carbons (Fsp3) is 0.643. The smallest absolute Gasteiger partial charge is 0.193 e. The minimum absolute atomic E-state index is 0.182. The third kappa shape index (κ3) is 2.83. The van der Waals surface area contributed by atoms with Crippen LogP contribution >= 0.6 is 11.3 Å². The van der Waals surface area contributed by atoms with Crippen LogP contribution in [0, 0.1) is 0 Å². The van der Waals surface area contributed by atoms with Gasteiger partial charge in [0.25, 0.3) is 0 Å². The van der Waals surface area contributed by atoms with Gasteiger partial charge < -0.3 is 5.32 Å². The molecule has 3 heterocycles. The van der Waals surface area contributed by atoms with Crippen LogP contribution in [0.4, 0.5) is 0 Å². The highest BCUT2D eigenvalue weighted by molar-refractivity contribution is 7.15. The average molecular weight is 278 g/mol. The molecule has 0 aliphatic carbocycles. The van der Waals surface area contributed by atoms with Crippen LogP contribution in [-0.2, 0) is 6.54 Å². The first-order valence-corrected chi connectivity index (χ1v) is 7.82. The molecule has 1 N–H and O–H groups in total. The van der Waals surface area contributed by atoms with Gasteiger partial charge in [0.05, 0.1) is 5.69 Å². The van der Waals surface area contributed by atoms with Crippen molar-refractivity contribution in [3.8, 4) is 0 Å². The van der Waals surface area contributed by atoms with Gasteiger partial charge in [-0.05, 0) is 33.7 Å². The Hall–Kier alpha value is -0.910. The van der Waals surface area contributed by atoms with Crippen LogP contribution in [-0.4, -0.2) is 39.0 Å². The number of thiazole rings is 1. The first-order chi connectivity index (χ1) is 9.03. The standard InChI is InChI=1S/C14H22N4S/c1-11-4-5-15-14(2,3)10-18(11)9-12-8-17-6-7-19-13(17)16-12/h6-8,11,15H,4-5,9-10H2,1-3H3. The summed E-state index contributed by atoms with van der Waals surface area (Å²) in [6, 6.07) is 0.606. The summed E-state index contributed by atoms with van der Waals surface area (Å²) in [5.41, 5.74) is 1.36. The van der Waals surface area contributed by atoms with E-state index < -0.39 is 0 Å². The lowest BCUT2D eigenvalue weighted by Crippen LogP contribution is -2.47. The average Bonchev–Trinajstić information content (AvgIpc) is 2.84. The number of hydrogen-bond acceptors (Lipinski definition) is 4. The van der Waals surface area contributed by atoms with Crippen LogP contribution in [0.5, 0.6) is 0 Å². The Labute approximate surface area is 118 Å². The molecule has 2 aromatic heterocycles. The van der Waals surface area contributed by atoms with Gasteiger partial charge in [-0.25, -0.2) is 4.98 Å². The van der Waals surface area contributed by atoms with Crippen molar-refractivity contribution in [2.24, 2.45) is 0 Å². The van der Waals surface area contributed by atoms with E-state index in [0.717, 1.165) is 24.6 Å². The normalized spacial score (nSPS) is 24.7. The van der Waals surface area contributed by atoms with E-state index in [9.17, 15) is 0 Å². The second-order valence-electron chi connectivity index (χ2n) is 6.18. The molecule has 0 spiro atoms. The van der Waals surface area contributed by atoms with Gasteiger partial charge in [-0.3, -0.25) is 9.30 Å². The molecule has 2 aromatic rings. The third-order valence-corrected chi connectivity index (χ3v) is 4.67. The molecular weight excluding hydrogens is 256 g/mol. The molecule has 0 radical (unpaired) electrons. The van der Waals surface area contributed by atoms with E-state index in [1.54, 1.807) is 11.3 Å². The second-order valence-corrected chi connectivity index (χ2v) is 7.05. The van der Waals surface area contributed by atoms with E-state index in [2.05, 4.69) is 53.2 Å². The number of aromatic nitrogens is 2. The Kier molecular flexibility index (Phi) is 3.37. The van der Waals surface area contributed by atoms with Crippen molar-refractivity contribution in [3.05, 3.63) is 23.5 Å². The maximum Gasteiger partial charge on any atom is 0.193 e. The maximum absolute atomic E-state index is 4.70. The summed E-state index contributed by atoms with van der Waals surface area (Å²) >= 11 is 1.70. The van der Waals surface area contributed by atoms with Crippen LogP contribution in [0.15, 0.2) is 17.8 Å². The molecule has 5 heteroatoms. The van der Waals surface area contributed by atoms with Crippen molar-refractivity contribution < 1.29 is 0 Å². The number of nitrogens with one attached hydrogen (secondary N) is 1. The molecule has 1 aliphatic heterocycles. The second kappa shape index (κ2) is 4.89. The Balaban J connectivity index is 1.78. The van der Waals surface area contributed by atoms with Gasteiger partial charge in [0, 0.05) is 42.4 Å². The summed E-state index contributed by atoms with van der Waals surface area (Å²) in [7, 11) is 0. The Morgan fingerprint density at radius 3 is 3.16 bits per heavy atom. The topological polar surface area (TPSA) is 32.6 Å². The minimum atomic E-state index is 0.182. The predicted octanol–water partition coefficient (Wildman–Crippen LogP) is 2.36. The Morgan fingerprint density at radius 2 is 2.37 bits per heavy atom. The zero-order valence-corrected chi connectivity index (χ0v) is 12.7. The fourth-order valence-corrected chi connectivity index (χ4v) is 3.51. The molecule has 1 fully saturated rings. The molecule has 0 aromatic carbocycles. The van der Waals surface area contributed by atoms with Crippen LogP contribution in [0.1, 0.15) is 32.9 Å². The van der Waals surface area contributed by atoms with E-state index in [-0.39, 0.29) is 5.54 Å². The van der Waals surface area contributed by atoms with E-state index in [1.807, 2.05) is 0 Å². The molecule has 104 valence electrons. The summed E-state index contributed by atoms with van der Waals surface area (Å²) < 4.78 is 2.12. The lowest BCUT2D eigenvalue weighted by molar-refractivity contribution is 0.171. The quantitative estimate of drug-likeness (QED) is 0.915. The van der Waals surface area contributed by atoms with Gasteiger partial charge in [0.1, 0.15) is 0 Å². The molecule has 19 heavy (non-hydrogen) atoms. The van der Waals surface area contributed by atoms with Crippen LogP contribution in [0.3, 0.4) is 0 Å². The van der Waals surface area contributed by atoms with Gasteiger partial charge >= 0.3 is 0 Å². The number of rotatable bonds is 2. The lowest BCUT2D eigenvalue weighted by atomic mass is 10.1. The van der Waals surface area contributed by atoms with Gasteiger partial charge in [0.2, 0.25) is 0 Å². The zero-order chi connectivity index (χ0) is 13.5. The van der Waals surface area contributed by atoms with Crippen LogP contribution < -0.4 is 5.32 Å². The molecule has 0 bridgehead atoms. The molecule has 3 rings (SSSR count). The Bertz CT molecular complexity index is 528. The van der Waals surface area contributed by atoms with Crippen LogP contribution in [0.25, 0.3) is 4.96 Å². The summed E-state index contributed by atoms with van der Waals surface area (Å²) in [4.78, 5) is 8.34. The highest BCUT2D eigenvalue weighted by Crippen LogP contribution is 2.19. The molecule has 1 unspecified atom stereocenters. The van der Waals surface area contributed by atoms with Crippen LogP contribution in [0.2, 0.25) is 0 Å². The third-order valence-electron chi connectivity index (χ3n) is 3.90. The lowest BCUT2D eigenvalue weighted by Gasteiger charge is -2.32. The molecule has 0 saturated carbocycles. The summed E-state index contributed by atoms with van der Waals surface area (Å²) in [6.45, 7) is 10.00. The number of hydrogen-bond donors (Lipinski definition) is 1. The SMILES string of the molecule is CC1CCNC(C)(C)CN1Cc1cn2ccsc2n1. The van der Waals surface area contributed by atoms with Gasteiger partial charge in [-0.1, -0.05) is 0 Å². The molecule has 4 nitrogen and oxygen atoms in total. The van der Waals surface area contributed by atoms with Crippen molar-refractivity contribution in [2.45, 2.75) is 45.3 Å². The molecule has 0 amide bonds. The summed E-state index contributed by atoms with van der Waals surface area (Å²) in [6.07, 6.45) is 5.43. The molecule has 1 saturated heterocycles. The largest absolute Gasteiger partial charge is 0.310 e. The monoisotopic (exact) mass is 278 g/mol. The number of nitrogens with zero attached hydrogens (tertiary/aromatic N) is 3.